The van der Waals surface area contributed by atoms with Crippen LogP contribution in [0.15, 0.2) is 0 Å². The van der Waals surface area contributed by atoms with E-state index in [-0.39, 0.29) is 0 Å². The van der Waals surface area contributed by atoms with Crippen molar-refractivity contribution in [1.82, 2.24) is 5.32 Å². The van der Waals surface area contributed by atoms with Gasteiger partial charge in [0.25, 0.3) is 0 Å². The van der Waals surface area contributed by atoms with Crippen LogP contribution in [0, 0.1) is 5.92 Å². The highest BCUT2D eigenvalue weighted by Crippen LogP contribution is 2.25. The van der Waals surface area contributed by atoms with Crippen molar-refractivity contribution in [1.29, 1.82) is 0 Å². The van der Waals surface area contributed by atoms with Gasteiger partial charge < -0.3 is 10.4 Å². The molecule has 0 saturated heterocycles. The van der Waals surface area contributed by atoms with Gasteiger partial charge in [-0.2, -0.15) is 0 Å². The van der Waals surface area contributed by atoms with E-state index in [4.69, 9.17) is 5.11 Å². The summed E-state index contributed by atoms with van der Waals surface area (Å²) in [5, 5.41) is 12.3. The first kappa shape index (κ1) is 11.0. The minimum Gasteiger partial charge on any atom is -0.396 e. The summed E-state index contributed by atoms with van der Waals surface area (Å²) < 4.78 is 0. The van der Waals surface area contributed by atoms with Gasteiger partial charge >= 0.3 is 0 Å². The predicted molar refractivity (Wildman–Crippen MR) is 55.7 cm³/mol. The number of rotatable bonds is 5. The molecular formula is C11H23NO. The van der Waals surface area contributed by atoms with Gasteiger partial charge in [-0.15, -0.1) is 0 Å². The monoisotopic (exact) mass is 185 g/mol. The molecule has 1 aliphatic carbocycles. The van der Waals surface area contributed by atoms with E-state index in [9.17, 15) is 0 Å². The molecule has 3 atom stereocenters. The molecule has 78 valence electrons. The van der Waals surface area contributed by atoms with E-state index in [0.717, 1.165) is 24.8 Å². The average Bonchev–Trinajstić information content (AvgIpc) is 2.48. The van der Waals surface area contributed by atoms with Crippen molar-refractivity contribution >= 4 is 0 Å². The third kappa shape index (κ3) is 4.10. The fourth-order valence-electron chi connectivity index (χ4n) is 2.24. The van der Waals surface area contributed by atoms with Gasteiger partial charge in [-0.1, -0.05) is 6.92 Å². The maximum atomic E-state index is 8.69. The number of aliphatic hydroxyl groups excluding tert-OH is 1. The molecular weight excluding hydrogens is 162 g/mol. The van der Waals surface area contributed by atoms with Gasteiger partial charge in [0.15, 0.2) is 0 Å². The molecule has 1 fully saturated rings. The Bertz CT molecular complexity index is 138. The van der Waals surface area contributed by atoms with Crippen LogP contribution < -0.4 is 5.32 Å². The van der Waals surface area contributed by atoms with E-state index >= 15 is 0 Å². The quantitative estimate of drug-likeness (QED) is 0.686. The van der Waals surface area contributed by atoms with Crippen LogP contribution in [-0.4, -0.2) is 23.8 Å². The van der Waals surface area contributed by atoms with Crippen LogP contribution in [0.4, 0.5) is 0 Å². The highest BCUT2D eigenvalue weighted by atomic mass is 16.2. The van der Waals surface area contributed by atoms with Gasteiger partial charge in [0.1, 0.15) is 0 Å². The number of hydrogen-bond donors (Lipinski definition) is 2. The van der Waals surface area contributed by atoms with Crippen molar-refractivity contribution in [2.45, 2.75) is 58.0 Å². The maximum absolute atomic E-state index is 8.69. The first-order valence-electron chi connectivity index (χ1n) is 5.59. The van der Waals surface area contributed by atoms with Crippen molar-refractivity contribution in [3.8, 4) is 0 Å². The fourth-order valence-corrected chi connectivity index (χ4v) is 2.24. The zero-order valence-electron chi connectivity index (χ0n) is 8.92. The molecule has 0 radical (unpaired) electrons. The second kappa shape index (κ2) is 5.61. The summed E-state index contributed by atoms with van der Waals surface area (Å²) in [6, 6.07) is 1.31. The minimum atomic E-state index is 0.326. The lowest BCUT2D eigenvalue weighted by molar-refractivity contribution is 0.273. The molecule has 0 bridgehead atoms. The molecule has 0 aromatic heterocycles. The molecule has 0 aromatic rings. The maximum Gasteiger partial charge on any atom is 0.0431 e. The molecule has 1 aliphatic rings. The highest BCUT2D eigenvalue weighted by Gasteiger charge is 2.21. The summed E-state index contributed by atoms with van der Waals surface area (Å²) >= 11 is 0. The van der Waals surface area contributed by atoms with Gasteiger partial charge in [-0.3, -0.25) is 0 Å². The van der Waals surface area contributed by atoms with E-state index in [1.165, 1.54) is 19.3 Å². The first-order chi connectivity index (χ1) is 6.22. The zero-order valence-corrected chi connectivity index (χ0v) is 8.92. The van der Waals surface area contributed by atoms with Crippen molar-refractivity contribution in [2.75, 3.05) is 6.61 Å². The number of hydrogen-bond acceptors (Lipinski definition) is 2. The second-order valence-electron chi connectivity index (χ2n) is 4.55. The zero-order chi connectivity index (χ0) is 9.68. The van der Waals surface area contributed by atoms with E-state index < -0.39 is 0 Å². The van der Waals surface area contributed by atoms with Gasteiger partial charge in [-0.05, 0) is 44.9 Å². The lowest BCUT2D eigenvalue weighted by Crippen LogP contribution is -2.34. The Morgan fingerprint density at radius 3 is 2.77 bits per heavy atom. The molecule has 1 saturated carbocycles. The summed E-state index contributed by atoms with van der Waals surface area (Å²) in [5.41, 5.74) is 0. The molecule has 0 spiro atoms. The number of nitrogens with one attached hydrogen (secondary N) is 1. The van der Waals surface area contributed by atoms with Crippen molar-refractivity contribution in [3.05, 3.63) is 0 Å². The summed E-state index contributed by atoms with van der Waals surface area (Å²) in [6.07, 6.45) is 6.08. The molecule has 0 heterocycles. The predicted octanol–water partition coefficient (Wildman–Crippen LogP) is 1.93. The van der Waals surface area contributed by atoms with Crippen LogP contribution >= 0.6 is 0 Å². The smallest absolute Gasteiger partial charge is 0.0431 e. The molecule has 2 heteroatoms. The topological polar surface area (TPSA) is 32.3 Å². The Hall–Kier alpha value is -0.0800. The molecule has 0 aliphatic heterocycles. The van der Waals surface area contributed by atoms with Crippen LogP contribution in [0.25, 0.3) is 0 Å². The largest absolute Gasteiger partial charge is 0.396 e. The summed E-state index contributed by atoms with van der Waals surface area (Å²) in [4.78, 5) is 0. The van der Waals surface area contributed by atoms with Crippen molar-refractivity contribution in [2.24, 2.45) is 5.92 Å². The van der Waals surface area contributed by atoms with Gasteiger partial charge in [-0.25, -0.2) is 0 Å². The molecule has 2 N–H and O–H groups in total. The second-order valence-corrected chi connectivity index (χ2v) is 4.55. The Kier molecular flexibility index (Phi) is 4.74. The summed E-state index contributed by atoms with van der Waals surface area (Å²) in [6.45, 7) is 4.88. The summed E-state index contributed by atoms with van der Waals surface area (Å²) in [7, 11) is 0. The lowest BCUT2D eigenvalue weighted by Gasteiger charge is -2.18. The van der Waals surface area contributed by atoms with E-state index in [2.05, 4.69) is 19.2 Å². The van der Waals surface area contributed by atoms with Crippen molar-refractivity contribution < 1.29 is 5.11 Å². The van der Waals surface area contributed by atoms with Gasteiger partial charge in [0.2, 0.25) is 0 Å². The van der Waals surface area contributed by atoms with Crippen molar-refractivity contribution in [3.63, 3.8) is 0 Å². The first-order valence-corrected chi connectivity index (χ1v) is 5.59. The molecule has 0 amide bonds. The molecule has 13 heavy (non-hydrogen) atoms. The van der Waals surface area contributed by atoms with Gasteiger partial charge in [0.05, 0.1) is 0 Å². The highest BCUT2D eigenvalue weighted by molar-refractivity contribution is 4.80. The van der Waals surface area contributed by atoms with E-state index in [1.54, 1.807) is 0 Å². The van der Waals surface area contributed by atoms with E-state index in [0.29, 0.717) is 12.6 Å². The molecule has 1 rings (SSSR count). The van der Waals surface area contributed by atoms with E-state index in [1.807, 2.05) is 0 Å². The lowest BCUT2D eigenvalue weighted by atomic mass is 10.1. The minimum absolute atomic E-state index is 0.326. The SMILES string of the molecule is C[C@@H]1CC[C@H](N[C@H](C)CCCO)C1. The van der Waals surface area contributed by atoms with Crippen LogP contribution in [0.2, 0.25) is 0 Å². The van der Waals surface area contributed by atoms with Crippen LogP contribution in [0.3, 0.4) is 0 Å². The van der Waals surface area contributed by atoms with Gasteiger partial charge in [0, 0.05) is 18.7 Å². The molecule has 0 unspecified atom stereocenters. The van der Waals surface area contributed by atoms with Crippen LogP contribution in [0.5, 0.6) is 0 Å². The molecule has 2 nitrogen and oxygen atoms in total. The standard InChI is InChI=1S/C11H23NO/c1-9-5-6-11(8-9)12-10(2)4-3-7-13/h9-13H,3-8H2,1-2H3/t9-,10-,11+/m1/s1. The fraction of sp³-hybridized carbons (Fsp3) is 1.00. The van der Waals surface area contributed by atoms with Crippen LogP contribution in [0.1, 0.15) is 46.0 Å². The Morgan fingerprint density at radius 2 is 2.23 bits per heavy atom. The molecule has 0 aromatic carbocycles. The summed E-state index contributed by atoms with van der Waals surface area (Å²) in [5.74, 6) is 0.905. The Balaban J connectivity index is 2.09. The Labute approximate surface area is 81.7 Å². The third-order valence-electron chi connectivity index (χ3n) is 3.01. The van der Waals surface area contributed by atoms with Crippen LogP contribution in [-0.2, 0) is 0 Å². The Morgan fingerprint density at radius 1 is 1.46 bits per heavy atom. The number of aliphatic hydroxyl groups is 1. The average molecular weight is 185 g/mol. The normalized spacial score (nSPS) is 30.7. The third-order valence-corrected chi connectivity index (χ3v) is 3.01.